The van der Waals surface area contributed by atoms with Crippen LogP contribution in [-0.2, 0) is 18.1 Å². The first kappa shape index (κ1) is 24.1. The number of thioether (sulfide) groups is 1. The molecule has 1 aliphatic heterocycles. The Balaban J connectivity index is 2.84. The molecule has 1 saturated heterocycles. The van der Waals surface area contributed by atoms with Crippen LogP contribution < -0.4 is 0 Å². The maximum Gasteiger partial charge on any atom is 0.515 e. The van der Waals surface area contributed by atoms with Crippen LogP contribution in [0, 0.1) is 17.8 Å². The number of carbonyl (C=O) groups is 1. The average Bonchev–Trinajstić information content (AvgIpc) is 2.66. The zero-order chi connectivity index (χ0) is 19.6. The van der Waals surface area contributed by atoms with Gasteiger partial charge in [0.05, 0.1) is 4.87 Å². The molecule has 0 spiro atoms. The molecule has 0 bridgehead atoms. The Hall–Kier alpha value is 0.0769. The molecular weight excluding hydrogens is 368 g/mol. The van der Waals surface area contributed by atoms with E-state index in [0.717, 1.165) is 32.1 Å². The number of aliphatic hydroxyl groups excluding tert-OH is 1. The zero-order valence-electron chi connectivity index (χ0n) is 17.2. The summed E-state index contributed by atoms with van der Waals surface area (Å²) in [6.07, 6.45) is 4.79. The summed E-state index contributed by atoms with van der Waals surface area (Å²) in [5, 5.41) is 9.55. The summed E-state index contributed by atoms with van der Waals surface area (Å²) < 4.78 is 18.5. The maximum absolute atomic E-state index is 12.9. The van der Waals surface area contributed by atoms with Crippen molar-refractivity contribution >= 4 is 25.7 Å². The van der Waals surface area contributed by atoms with Crippen molar-refractivity contribution in [3.63, 3.8) is 0 Å². The van der Waals surface area contributed by atoms with Crippen molar-refractivity contribution in [3.8, 4) is 0 Å². The maximum atomic E-state index is 12.9. The Morgan fingerprint density at radius 3 is 2.42 bits per heavy atom. The second-order valence-electron chi connectivity index (χ2n) is 7.51. The molecule has 26 heavy (non-hydrogen) atoms. The molecule has 1 fully saturated rings. The van der Waals surface area contributed by atoms with Gasteiger partial charge >= 0.3 is 8.80 Å². The van der Waals surface area contributed by atoms with Gasteiger partial charge in [-0.05, 0) is 19.3 Å². The van der Waals surface area contributed by atoms with Gasteiger partial charge in [0.2, 0.25) is 0 Å². The van der Waals surface area contributed by atoms with Crippen LogP contribution in [0.1, 0.15) is 66.7 Å². The highest BCUT2D eigenvalue weighted by atomic mass is 32.2. The van der Waals surface area contributed by atoms with Gasteiger partial charge in [-0.2, -0.15) is 0 Å². The Morgan fingerprint density at radius 1 is 1.27 bits per heavy atom. The van der Waals surface area contributed by atoms with Crippen LogP contribution in [0.25, 0.3) is 0 Å². The SMILES string of the molecule is CCCCC(CC)C(=O)SC(CC)[Si]1(OCC(C)CO)OCC(C)CO1. The Bertz CT molecular complexity index is 401. The Labute approximate surface area is 164 Å². The predicted molar refractivity (Wildman–Crippen MR) is 109 cm³/mol. The summed E-state index contributed by atoms with van der Waals surface area (Å²) in [5.41, 5.74) is 0. The van der Waals surface area contributed by atoms with Gasteiger partial charge in [-0.1, -0.05) is 59.2 Å². The summed E-state index contributed by atoms with van der Waals surface area (Å²) in [5.74, 6) is 0.455. The van der Waals surface area contributed by atoms with E-state index >= 15 is 0 Å². The number of carbonyl (C=O) groups excluding carboxylic acids is 1. The van der Waals surface area contributed by atoms with E-state index in [9.17, 15) is 9.90 Å². The minimum Gasteiger partial charge on any atom is -0.396 e. The summed E-state index contributed by atoms with van der Waals surface area (Å²) in [4.78, 5) is 12.8. The van der Waals surface area contributed by atoms with Crippen molar-refractivity contribution in [2.75, 3.05) is 26.4 Å². The van der Waals surface area contributed by atoms with E-state index in [4.69, 9.17) is 13.3 Å². The van der Waals surface area contributed by atoms with Gasteiger partial charge in [-0.15, -0.1) is 0 Å². The van der Waals surface area contributed by atoms with Gasteiger partial charge in [0.1, 0.15) is 0 Å². The fourth-order valence-corrected chi connectivity index (χ4v) is 8.18. The molecule has 3 atom stereocenters. The van der Waals surface area contributed by atoms with E-state index in [0.29, 0.717) is 25.7 Å². The molecule has 0 amide bonds. The summed E-state index contributed by atoms with van der Waals surface area (Å²) >= 11 is 1.38. The topological polar surface area (TPSA) is 65.0 Å². The molecule has 7 heteroatoms. The fourth-order valence-electron chi connectivity index (χ4n) is 2.86. The molecule has 3 unspecified atom stereocenters. The van der Waals surface area contributed by atoms with E-state index in [-0.39, 0.29) is 28.4 Å². The first-order valence-electron chi connectivity index (χ1n) is 10.1. The van der Waals surface area contributed by atoms with Crippen LogP contribution in [0.2, 0.25) is 0 Å². The normalized spacial score (nSPS) is 27.1. The van der Waals surface area contributed by atoms with Crippen LogP contribution in [0.5, 0.6) is 0 Å². The molecule has 0 radical (unpaired) electrons. The molecule has 5 nitrogen and oxygen atoms in total. The van der Waals surface area contributed by atoms with Crippen LogP contribution in [0.15, 0.2) is 0 Å². The number of rotatable bonds is 12. The number of aliphatic hydroxyl groups is 1. The van der Waals surface area contributed by atoms with Crippen molar-refractivity contribution in [2.45, 2.75) is 71.6 Å². The van der Waals surface area contributed by atoms with Crippen molar-refractivity contribution in [3.05, 3.63) is 0 Å². The Morgan fingerprint density at radius 2 is 1.92 bits per heavy atom. The van der Waals surface area contributed by atoms with Crippen LogP contribution in [0.4, 0.5) is 0 Å². The molecule has 1 rings (SSSR count). The number of hydrogen-bond donors (Lipinski definition) is 1. The number of hydrogen-bond acceptors (Lipinski definition) is 6. The van der Waals surface area contributed by atoms with Crippen LogP contribution in [-0.4, -0.2) is 50.3 Å². The lowest BCUT2D eigenvalue weighted by molar-refractivity contribution is -0.114. The minimum absolute atomic E-state index is 0.0251. The van der Waals surface area contributed by atoms with Crippen molar-refractivity contribution < 1.29 is 23.2 Å². The molecular formula is C19H38O5SSi. The lowest BCUT2D eigenvalue weighted by Crippen LogP contribution is -2.59. The molecule has 0 aromatic heterocycles. The lowest BCUT2D eigenvalue weighted by Gasteiger charge is -2.40. The van der Waals surface area contributed by atoms with Gasteiger partial charge in [-0.3, -0.25) is 4.79 Å². The van der Waals surface area contributed by atoms with Crippen molar-refractivity contribution in [2.24, 2.45) is 17.8 Å². The fraction of sp³-hybridized carbons (Fsp3) is 0.947. The highest BCUT2D eigenvalue weighted by molar-refractivity contribution is 8.15. The minimum atomic E-state index is -2.95. The molecule has 1 heterocycles. The second-order valence-corrected chi connectivity index (χ2v) is 11.9. The smallest absolute Gasteiger partial charge is 0.396 e. The summed E-state index contributed by atoms with van der Waals surface area (Å²) in [6, 6.07) is 0. The van der Waals surface area contributed by atoms with Crippen molar-refractivity contribution in [1.29, 1.82) is 0 Å². The van der Waals surface area contributed by atoms with Gasteiger partial charge in [0.15, 0.2) is 5.12 Å². The molecule has 154 valence electrons. The highest BCUT2D eigenvalue weighted by Gasteiger charge is 2.53. The average molecular weight is 407 g/mol. The van der Waals surface area contributed by atoms with E-state index in [1.807, 2.05) is 6.92 Å². The summed E-state index contributed by atoms with van der Waals surface area (Å²) in [6.45, 7) is 12.0. The van der Waals surface area contributed by atoms with E-state index in [2.05, 4.69) is 27.7 Å². The van der Waals surface area contributed by atoms with Gasteiger partial charge < -0.3 is 18.4 Å². The third-order valence-corrected chi connectivity index (χ3v) is 10.1. The van der Waals surface area contributed by atoms with E-state index in [1.54, 1.807) is 0 Å². The molecule has 0 aliphatic carbocycles. The molecule has 0 aromatic rings. The van der Waals surface area contributed by atoms with Gasteiger partial charge in [0.25, 0.3) is 0 Å². The monoisotopic (exact) mass is 406 g/mol. The standard InChI is InChI=1S/C19H38O5SSi/c1-6-9-10-17(7-2)19(21)25-18(8-3)26(22-12-15(4)11-20)23-13-16(5)14-24-26/h15-18,20H,6-14H2,1-5H3. The van der Waals surface area contributed by atoms with Crippen LogP contribution >= 0.6 is 11.8 Å². The molecule has 1 N–H and O–H groups in total. The molecule has 0 aromatic carbocycles. The third kappa shape index (κ3) is 7.24. The van der Waals surface area contributed by atoms with E-state index < -0.39 is 8.80 Å². The van der Waals surface area contributed by atoms with Crippen molar-refractivity contribution in [1.82, 2.24) is 0 Å². The van der Waals surface area contributed by atoms with Gasteiger partial charge in [0, 0.05) is 44.2 Å². The lowest BCUT2D eigenvalue weighted by atomic mass is 10.0. The summed E-state index contributed by atoms with van der Waals surface area (Å²) in [7, 11) is -2.95. The highest BCUT2D eigenvalue weighted by Crippen LogP contribution is 2.35. The first-order valence-corrected chi connectivity index (χ1v) is 12.8. The van der Waals surface area contributed by atoms with Crippen LogP contribution in [0.3, 0.4) is 0 Å². The largest absolute Gasteiger partial charge is 0.515 e. The second kappa shape index (κ2) is 12.5. The van der Waals surface area contributed by atoms with Gasteiger partial charge in [-0.25, -0.2) is 0 Å². The molecule has 1 aliphatic rings. The Kier molecular flexibility index (Phi) is 11.6. The number of unbranched alkanes of at least 4 members (excludes halogenated alkanes) is 1. The zero-order valence-corrected chi connectivity index (χ0v) is 19.0. The van der Waals surface area contributed by atoms with E-state index in [1.165, 1.54) is 11.8 Å². The first-order chi connectivity index (χ1) is 12.4. The molecule has 0 saturated carbocycles. The quantitative estimate of drug-likeness (QED) is 0.493. The predicted octanol–water partition coefficient (Wildman–Crippen LogP) is 4.05. The third-order valence-electron chi connectivity index (χ3n) is 4.77.